The standard InChI is InChI=1S/C20H21Cl2N3O3S/c1-13-5-2-3-6-14(13)11-19(27)23-20(29)25-24-18(26)7-4-10-28-17-9-8-15(21)12-16(17)22/h2-3,5-6,8-9,12H,4,7,10-11H2,1H3,(H,24,26)(H2,23,25,27,29). The first-order valence-corrected chi connectivity index (χ1v) is 10.0. The van der Waals surface area contributed by atoms with Gasteiger partial charge >= 0.3 is 0 Å². The molecular weight excluding hydrogens is 433 g/mol. The average Bonchev–Trinajstić information content (AvgIpc) is 2.66. The van der Waals surface area contributed by atoms with Crippen LogP contribution in [0.15, 0.2) is 42.5 Å². The molecule has 29 heavy (non-hydrogen) atoms. The molecule has 0 unspecified atom stereocenters. The van der Waals surface area contributed by atoms with Crippen molar-refractivity contribution in [1.82, 2.24) is 16.2 Å². The van der Waals surface area contributed by atoms with Crippen LogP contribution in [0.2, 0.25) is 10.0 Å². The predicted octanol–water partition coefficient (Wildman–Crippen LogP) is 3.73. The SMILES string of the molecule is Cc1ccccc1CC(=O)NC(=S)NNC(=O)CCCOc1ccc(Cl)cc1Cl. The van der Waals surface area contributed by atoms with Crippen molar-refractivity contribution in [2.24, 2.45) is 0 Å². The second-order valence-corrected chi connectivity index (χ2v) is 7.43. The summed E-state index contributed by atoms with van der Waals surface area (Å²) in [5.41, 5.74) is 6.89. The highest BCUT2D eigenvalue weighted by atomic mass is 35.5. The van der Waals surface area contributed by atoms with Crippen LogP contribution in [0.1, 0.15) is 24.0 Å². The van der Waals surface area contributed by atoms with E-state index in [0.29, 0.717) is 28.8 Å². The van der Waals surface area contributed by atoms with E-state index in [1.165, 1.54) is 0 Å². The molecule has 0 saturated heterocycles. The van der Waals surface area contributed by atoms with Gasteiger partial charge in [0.2, 0.25) is 11.8 Å². The lowest BCUT2D eigenvalue weighted by Crippen LogP contribution is -2.48. The number of thiocarbonyl (C=S) groups is 1. The van der Waals surface area contributed by atoms with E-state index >= 15 is 0 Å². The Hall–Kier alpha value is -2.35. The molecule has 0 bridgehead atoms. The lowest BCUT2D eigenvalue weighted by Gasteiger charge is -2.12. The first kappa shape index (κ1) is 22.9. The number of carbonyl (C=O) groups is 2. The van der Waals surface area contributed by atoms with Crippen LogP contribution >= 0.6 is 35.4 Å². The van der Waals surface area contributed by atoms with Crippen molar-refractivity contribution in [3.05, 3.63) is 63.6 Å². The van der Waals surface area contributed by atoms with Gasteiger partial charge in [0.05, 0.1) is 18.1 Å². The number of carbonyl (C=O) groups excluding carboxylic acids is 2. The zero-order valence-electron chi connectivity index (χ0n) is 15.8. The first-order chi connectivity index (χ1) is 13.8. The van der Waals surface area contributed by atoms with Crippen molar-refractivity contribution in [3.8, 4) is 5.75 Å². The fourth-order valence-corrected chi connectivity index (χ4v) is 3.01. The number of rotatable bonds is 7. The first-order valence-electron chi connectivity index (χ1n) is 8.86. The van der Waals surface area contributed by atoms with E-state index < -0.39 is 0 Å². The van der Waals surface area contributed by atoms with Gasteiger partial charge in [0.25, 0.3) is 0 Å². The van der Waals surface area contributed by atoms with E-state index in [1.54, 1.807) is 18.2 Å². The van der Waals surface area contributed by atoms with Gasteiger partial charge in [-0.1, -0.05) is 47.5 Å². The second kappa shape index (κ2) is 11.6. The minimum atomic E-state index is -0.286. The molecule has 0 aliphatic heterocycles. The number of hydrogen-bond donors (Lipinski definition) is 3. The number of benzene rings is 2. The van der Waals surface area contributed by atoms with E-state index in [9.17, 15) is 9.59 Å². The molecule has 0 radical (unpaired) electrons. The van der Waals surface area contributed by atoms with Crippen molar-refractivity contribution in [3.63, 3.8) is 0 Å². The Morgan fingerprint density at radius 1 is 1.07 bits per heavy atom. The molecule has 2 amide bonds. The second-order valence-electron chi connectivity index (χ2n) is 6.18. The van der Waals surface area contributed by atoms with Crippen LogP contribution in [0.5, 0.6) is 5.75 Å². The zero-order chi connectivity index (χ0) is 21.2. The average molecular weight is 454 g/mol. The Bertz CT molecular complexity index is 893. The monoisotopic (exact) mass is 453 g/mol. The van der Waals surface area contributed by atoms with Crippen LogP contribution in [-0.4, -0.2) is 23.5 Å². The van der Waals surface area contributed by atoms with Gasteiger partial charge in [-0.15, -0.1) is 0 Å². The summed E-state index contributed by atoms with van der Waals surface area (Å²) in [6.45, 7) is 2.25. The molecule has 2 aromatic rings. The van der Waals surface area contributed by atoms with Crippen LogP contribution in [0.25, 0.3) is 0 Å². The van der Waals surface area contributed by atoms with Crippen LogP contribution < -0.4 is 20.9 Å². The lowest BCUT2D eigenvalue weighted by molar-refractivity contribution is -0.122. The molecule has 0 spiro atoms. The highest BCUT2D eigenvalue weighted by molar-refractivity contribution is 7.80. The van der Waals surface area contributed by atoms with Gasteiger partial charge < -0.3 is 10.1 Å². The Kier molecular flexibility index (Phi) is 9.18. The third-order valence-electron chi connectivity index (χ3n) is 3.88. The number of aryl methyl sites for hydroxylation is 1. The number of halogens is 2. The van der Waals surface area contributed by atoms with Crippen molar-refractivity contribution in [2.45, 2.75) is 26.2 Å². The summed E-state index contributed by atoms with van der Waals surface area (Å²) >= 11 is 16.8. The van der Waals surface area contributed by atoms with Crippen LogP contribution in [0, 0.1) is 6.92 Å². The van der Waals surface area contributed by atoms with E-state index in [-0.39, 0.29) is 29.8 Å². The predicted molar refractivity (Wildman–Crippen MR) is 118 cm³/mol. The van der Waals surface area contributed by atoms with Gasteiger partial charge in [-0.3, -0.25) is 20.4 Å². The third-order valence-corrected chi connectivity index (χ3v) is 4.61. The number of hydrogen-bond acceptors (Lipinski definition) is 4. The van der Waals surface area contributed by atoms with E-state index in [2.05, 4.69) is 16.2 Å². The largest absolute Gasteiger partial charge is 0.492 e. The highest BCUT2D eigenvalue weighted by Crippen LogP contribution is 2.27. The zero-order valence-corrected chi connectivity index (χ0v) is 18.1. The summed E-state index contributed by atoms with van der Waals surface area (Å²) in [4.78, 5) is 23.9. The molecule has 0 heterocycles. The molecule has 0 saturated carbocycles. The topological polar surface area (TPSA) is 79.5 Å². The molecule has 3 N–H and O–H groups in total. The summed E-state index contributed by atoms with van der Waals surface area (Å²) in [5, 5.41) is 3.49. The molecular formula is C20H21Cl2N3O3S. The summed E-state index contributed by atoms with van der Waals surface area (Å²) in [5.74, 6) is -0.0438. The number of ether oxygens (including phenoxy) is 1. The van der Waals surface area contributed by atoms with Crippen LogP contribution in [-0.2, 0) is 16.0 Å². The molecule has 2 aromatic carbocycles. The minimum absolute atomic E-state index is 0.0288. The van der Waals surface area contributed by atoms with E-state index in [0.717, 1.165) is 11.1 Å². The van der Waals surface area contributed by atoms with E-state index in [4.69, 9.17) is 40.2 Å². The van der Waals surface area contributed by atoms with E-state index in [1.807, 2.05) is 31.2 Å². The Labute approximate surface area is 184 Å². The maximum atomic E-state index is 12.0. The molecule has 2 rings (SSSR count). The summed E-state index contributed by atoms with van der Waals surface area (Å²) in [7, 11) is 0. The van der Waals surface area contributed by atoms with Gasteiger partial charge in [-0.05, 0) is 54.9 Å². The third kappa shape index (κ3) is 8.27. The molecule has 0 aliphatic rings. The molecule has 9 heteroatoms. The number of hydrazine groups is 1. The summed E-state index contributed by atoms with van der Waals surface area (Å²) in [6, 6.07) is 12.5. The maximum absolute atomic E-state index is 12.0. The quantitative estimate of drug-likeness (QED) is 0.338. The van der Waals surface area contributed by atoms with Crippen molar-refractivity contribution in [2.75, 3.05) is 6.61 Å². The molecule has 0 fully saturated rings. The van der Waals surface area contributed by atoms with Gasteiger partial charge in [0.15, 0.2) is 5.11 Å². The fraction of sp³-hybridized carbons (Fsp3) is 0.250. The lowest BCUT2D eigenvalue weighted by atomic mass is 10.1. The van der Waals surface area contributed by atoms with Crippen molar-refractivity contribution >= 4 is 52.3 Å². The molecule has 0 aliphatic carbocycles. The maximum Gasteiger partial charge on any atom is 0.238 e. The van der Waals surface area contributed by atoms with Gasteiger partial charge in [0, 0.05) is 11.4 Å². The summed E-state index contributed by atoms with van der Waals surface area (Å²) < 4.78 is 5.51. The van der Waals surface area contributed by atoms with Crippen molar-refractivity contribution in [1.29, 1.82) is 0 Å². The fourth-order valence-electron chi connectivity index (χ4n) is 2.38. The minimum Gasteiger partial charge on any atom is -0.492 e. The van der Waals surface area contributed by atoms with Gasteiger partial charge in [0.1, 0.15) is 5.75 Å². The summed E-state index contributed by atoms with van der Waals surface area (Å²) in [6.07, 6.45) is 0.879. The number of nitrogens with one attached hydrogen (secondary N) is 3. The van der Waals surface area contributed by atoms with Crippen LogP contribution in [0.4, 0.5) is 0 Å². The molecule has 154 valence electrons. The molecule has 6 nitrogen and oxygen atoms in total. The van der Waals surface area contributed by atoms with Crippen LogP contribution in [0.3, 0.4) is 0 Å². The van der Waals surface area contributed by atoms with Crippen molar-refractivity contribution < 1.29 is 14.3 Å². The van der Waals surface area contributed by atoms with Gasteiger partial charge in [-0.25, -0.2) is 0 Å². The molecule has 0 aromatic heterocycles. The normalized spacial score (nSPS) is 10.2. The van der Waals surface area contributed by atoms with Gasteiger partial charge in [-0.2, -0.15) is 0 Å². The smallest absolute Gasteiger partial charge is 0.238 e. The Morgan fingerprint density at radius 3 is 2.55 bits per heavy atom. The Morgan fingerprint density at radius 2 is 1.83 bits per heavy atom. The Balaban J connectivity index is 1.62. The molecule has 0 atom stereocenters. The highest BCUT2D eigenvalue weighted by Gasteiger charge is 2.09. The number of amides is 2.